The van der Waals surface area contributed by atoms with E-state index in [1.165, 1.54) is 32.2 Å². The number of unbranched alkanes of at least 4 members (excludes halogenated alkanes) is 4. The van der Waals surface area contributed by atoms with E-state index < -0.39 is 0 Å². The van der Waals surface area contributed by atoms with Gasteiger partial charge < -0.3 is 16.0 Å². The largest absolute Gasteiger partial charge is 0.370 e. The molecule has 0 saturated carbocycles. The average molecular weight is 242 g/mol. The van der Waals surface area contributed by atoms with Crippen LogP contribution in [-0.4, -0.2) is 44.1 Å². The third-order valence-electron chi connectivity index (χ3n) is 2.48. The van der Waals surface area contributed by atoms with Crippen LogP contribution in [0.15, 0.2) is 4.99 Å². The van der Waals surface area contributed by atoms with Crippen molar-refractivity contribution in [2.24, 2.45) is 10.7 Å². The molecule has 17 heavy (non-hydrogen) atoms. The number of guanidine groups is 1. The van der Waals surface area contributed by atoms with E-state index >= 15 is 0 Å². The van der Waals surface area contributed by atoms with Crippen LogP contribution in [0.4, 0.5) is 0 Å². The third-order valence-corrected chi connectivity index (χ3v) is 2.48. The van der Waals surface area contributed by atoms with Crippen LogP contribution in [0.5, 0.6) is 0 Å². The summed E-state index contributed by atoms with van der Waals surface area (Å²) in [6, 6.07) is 0.366. The van der Waals surface area contributed by atoms with Gasteiger partial charge in [-0.2, -0.15) is 0 Å². The fourth-order valence-electron chi connectivity index (χ4n) is 1.61. The number of nitrogens with zero attached hydrogens (tertiary/aromatic N) is 2. The first-order chi connectivity index (χ1) is 8.02. The Bertz CT molecular complexity index is 200. The zero-order valence-electron chi connectivity index (χ0n) is 12.0. The Morgan fingerprint density at radius 2 is 1.71 bits per heavy atom. The van der Waals surface area contributed by atoms with E-state index in [2.05, 4.69) is 43.2 Å². The minimum atomic E-state index is 0.366. The van der Waals surface area contributed by atoms with Crippen molar-refractivity contribution in [3.05, 3.63) is 0 Å². The molecule has 0 aliphatic carbocycles. The number of hydrogen-bond acceptors (Lipinski definition) is 2. The van der Waals surface area contributed by atoms with Crippen molar-refractivity contribution in [1.82, 2.24) is 10.2 Å². The zero-order chi connectivity index (χ0) is 13.1. The molecular weight excluding hydrogens is 212 g/mol. The van der Waals surface area contributed by atoms with Crippen molar-refractivity contribution in [2.45, 2.75) is 52.0 Å². The molecule has 0 atom stereocenters. The highest BCUT2D eigenvalue weighted by Gasteiger charge is 1.95. The van der Waals surface area contributed by atoms with Gasteiger partial charge in [0.15, 0.2) is 5.96 Å². The molecule has 0 spiro atoms. The molecule has 0 heterocycles. The molecule has 0 radical (unpaired) electrons. The Morgan fingerprint density at radius 1 is 1.12 bits per heavy atom. The lowest BCUT2D eigenvalue weighted by Gasteiger charge is -2.09. The number of rotatable bonds is 9. The lowest BCUT2D eigenvalue weighted by atomic mass is 10.1. The van der Waals surface area contributed by atoms with Gasteiger partial charge in [-0.25, -0.2) is 0 Å². The van der Waals surface area contributed by atoms with Crippen LogP contribution in [-0.2, 0) is 0 Å². The Kier molecular flexibility index (Phi) is 9.92. The average Bonchev–Trinajstić information content (AvgIpc) is 2.20. The fourth-order valence-corrected chi connectivity index (χ4v) is 1.61. The minimum absolute atomic E-state index is 0.366. The van der Waals surface area contributed by atoms with E-state index in [-0.39, 0.29) is 0 Å². The summed E-state index contributed by atoms with van der Waals surface area (Å²) < 4.78 is 0. The predicted molar refractivity (Wildman–Crippen MR) is 76.4 cm³/mol. The maximum absolute atomic E-state index is 5.70. The molecule has 4 nitrogen and oxygen atoms in total. The van der Waals surface area contributed by atoms with Crippen molar-refractivity contribution >= 4 is 5.96 Å². The molecule has 0 fully saturated rings. The first-order valence-corrected chi connectivity index (χ1v) is 6.73. The van der Waals surface area contributed by atoms with Crippen LogP contribution in [0.3, 0.4) is 0 Å². The zero-order valence-corrected chi connectivity index (χ0v) is 12.0. The molecule has 4 heteroatoms. The first kappa shape index (κ1) is 16.2. The lowest BCUT2D eigenvalue weighted by molar-refractivity contribution is 0.390. The van der Waals surface area contributed by atoms with Gasteiger partial charge >= 0.3 is 0 Å². The van der Waals surface area contributed by atoms with Crippen molar-refractivity contribution < 1.29 is 0 Å². The van der Waals surface area contributed by atoms with E-state index in [9.17, 15) is 0 Å². The summed E-state index contributed by atoms with van der Waals surface area (Å²) >= 11 is 0. The van der Waals surface area contributed by atoms with Crippen molar-refractivity contribution in [2.75, 3.05) is 27.2 Å². The normalized spacial score (nSPS) is 12.5. The number of hydrogen-bond donors (Lipinski definition) is 2. The first-order valence-electron chi connectivity index (χ1n) is 6.73. The number of nitrogens with one attached hydrogen (secondary N) is 1. The second-order valence-corrected chi connectivity index (χ2v) is 5.14. The summed E-state index contributed by atoms with van der Waals surface area (Å²) in [6.45, 7) is 6.17. The van der Waals surface area contributed by atoms with E-state index in [0.717, 1.165) is 13.0 Å². The quantitative estimate of drug-likeness (QED) is 0.368. The molecule has 0 bridgehead atoms. The monoisotopic (exact) mass is 242 g/mol. The second kappa shape index (κ2) is 10.4. The molecule has 0 aromatic heterocycles. The summed E-state index contributed by atoms with van der Waals surface area (Å²) in [5, 5.41) is 3.09. The maximum atomic E-state index is 5.70. The summed E-state index contributed by atoms with van der Waals surface area (Å²) in [4.78, 5) is 6.52. The van der Waals surface area contributed by atoms with Crippen molar-refractivity contribution in [1.29, 1.82) is 0 Å². The molecule has 0 amide bonds. The number of aliphatic imine (C=N–C) groups is 1. The van der Waals surface area contributed by atoms with Gasteiger partial charge in [0.1, 0.15) is 0 Å². The Labute approximate surface area is 107 Å². The highest BCUT2D eigenvalue weighted by atomic mass is 15.1. The lowest BCUT2D eigenvalue weighted by Crippen LogP contribution is -2.36. The molecule has 0 aromatic rings. The highest BCUT2D eigenvalue weighted by molar-refractivity contribution is 5.77. The molecular formula is C13H30N4. The van der Waals surface area contributed by atoms with Gasteiger partial charge in [-0.1, -0.05) is 19.3 Å². The number of nitrogens with two attached hydrogens (primary N) is 1. The van der Waals surface area contributed by atoms with E-state index in [4.69, 9.17) is 5.73 Å². The summed E-state index contributed by atoms with van der Waals surface area (Å²) in [7, 11) is 4.25. The summed E-state index contributed by atoms with van der Waals surface area (Å²) in [5.74, 6) is 0.576. The van der Waals surface area contributed by atoms with E-state index in [0.29, 0.717) is 12.0 Å². The molecule has 0 aromatic carbocycles. The van der Waals surface area contributed by atoms with Gasteiger partial charge in [-0.3, -0.25) is 4.99 Å². The smallest absolute Gasteiger partial charge is 0.188 e. The molecule has 0 aliphatic rings. The molecule has 102 valence electrons. The standard InChI is InChI=1S/C13H30N4/c1-12(2)16-13(14)15-10-8-6-5-7-9-11-17(3)4/h12H,5-11H2,1-4H3,(H3,14,15,16). The third kappa shape index (κ3) is 13.2. The Balaban J connectivity index is 3.28. The Morgan fingerprint density at radius 3 is 2.29 bits per heavy atom. The van der Waals surface area contributed by atoms with Crippen LogP contribution >= 0.6 is 0 Å². The van der Waals surface area contributed by atoms with Crippen LogP contribution in [0.25, 0.3) is 0 Å². The van der Waals surface area contributed by atoms with Gasteiger partial charge in [-0.05, 0) is 47.3 Å². The highest BCUT2D eigenvalue weighted by Crippen LogP contribution is 2.03. The van der Waals surface area contributed by atoms with Crippen LogP contribution in [0.1, 0.15) is 46.0 Å². The van der Waals surface area contributed by atoms with Gasteiger partial charge in [0, 0.05) is 12.6 Å². The van der Waals surface area contributed by atoms with E-state index in [1.807, 2.05) is 0 Å². The van der Waals surface area contributed by atoms with Gasteiger partial charge in [0.2, 0.25) is 0 Å². The van der Waals surface area contributed by atoms with Crippen molar-refractivity contribution in [3.63, 3.8) is 0 Å². The molecule has 0 aliphatic heterocycles. The maximum Gasteiger partial charge on any atom is 0.188 e. The van der Waals surface area contributed by atoms with Gasteiger partial charge in [-0.15, -0.1) is 0 Å². The minimum Gasteiger partial charge on any atom is -0.370 e. The van der Waals surface area contributed by atoms with Crippen LogP contribution in [0.2, 0.25) is 0 Å². The van der Waals surface area contributed by atoms with E-state index in [1.54, 1.807) is 0 Å². The van der Waals surface area contributed by atoms with Gasteiger partial charge in [0.05, 0.1) is 0 Å². The van der Waals surface area contributed by atoms with Crippen LogP contribution in [0, 0.1) is 0 Å². The fraction of sp³-hybridized carbons (Fsp3) is 0.923. The second-order valence-electron chi connectivity index (χ2n) is 5.14. The summed E-state index contributed by atoms with van der Waals surface area (Å²) in [6.07, 6.45) is 6.32. The molecule has 0 saturated heterocycles. The summed E-state index contributed by atoms with van der Waals surface area (Å²) in [5.41, 5.74) is 5.70. The van der Waals surface area contributed by atoms with Gasteiger partial charge in [0.25, 0.3) is 0 Å². The predicted octanol–water partition coefficient (Wildman–Crippen LogP) is 1.81. The molecule has 0 unspecified atom stereocenters. The SMILES string of the molecule is CC(C)NC(N)=NCCCCCCCN(C)C. The van der Waals surface area contributed by atoms with Crippen molar-refractivity contribution in [3.8, 4) is 0 Å². The topological polar surface area (TPSA) is 53.6 Å². The van der Waals surface area contributed by atoms with Crippen LogP contribution < -0.4 is 11.1 Å². The molecule has 0 rings (SSSR count). The Hall–Kier alpha value is -0.770. The molecule has 3 N–H and O–H groups in total.